The van der Waals surface area contributed by atoms with Crippen molar-refractivity contribution in [2.24, 2.45) is 0 Å². The number of nitrogens with zero attached hydrogens (tertiary/aromatic N) is 1. The maximum Gasteiger partial charge on any atom is 0.247 e. The van der Waals surface area contributed by atoms with E-state index in [0.29, 0.717) is 35.3 Å². The van der Waals surface area contributed by atoms with Crippen molar-refractivity contribution in [2.75, 3.05) is 42.1 Å². The average molecular weight is 427 g/mol. The van der Waals surface area contributed by atoms with Gasteiger partial charge in [-0.05, 0) is 60.4 Å². The van der Waals surface area contributed by atoms with Crippen LogP contribution in [0, 0.1) is 0 Å². The lowest BCUT2D eigenvalue weighted by Crippen LogP contribution is -2.37. The van der Waals surface area contributed by atoms with Crippen molar-refractivity contribution in [2.45, 2.75) is 19.4 Å². The Labute approximate surface area is 183 Å². The molecule has 1 amide bonds. The van der Waals surface area contributed by atoms with E-state index in [4.69, 9.17) is 23.7 Å². The number of methoxy groups -OCH3 is 5. The fraction of sp³-hybridized carbons (Fsp3) is 0.375. The maximum atomic E-state index is 13.0. The number of hydrogen-bond donors (Lipinski definition) is 0. The number of benzene rings is 2. The van der Waals surface area contributed by atoms with Crippen LogP contribution in [-0.4, -0.2) is 52.9 Å². The summed E-state index contributed by atoms with van der Waals surface area (Å²) in [5, 5.41) is 0. The predicted molar refractivity (Wildman–Crippen MR) is 119 cm³/mol. The molecule has 0 N–H and O–H groups in total. The first-order chi connectivity index (χ1) is 15.0. The van der Waals surface area contributed by atoms with Crippen LogP contribution in [-0.2, 0) is 11.2 Å². The van der Waals surface area contributed by atoms with Gasteiger partial charge < -0.3 is 28.6 Å². The van der Waals surface area contributed by atoms with E-state index in [-0.39, 0.29) is 11.9 Å². The molecule has 0 fully saturated rings. The molecule has 0 radical (unpaired) electrons. The van der Waals surface area contributed by atoms with Gasteiger partial charge in [-0.2, -0.15) is 0 Å². The molecule has 1 aliphatic heterocycles. The summed E-state index contributed by atoms with van der Waals surface area (Å²) in [6, 6.07) is 7.48. The van der Waals surface area contributed by atoms with Gasteiger partial charge in [0, 0.05) is 12.6 Å². The second kappa shape index (κ2) is 9.64. The summed E-state index contributed by atoms with van der Waals surface area (Å²) < 4.78 is 27.0. The molecule has 1 aliphatic rings. The van der Waals surface area contributed by atoms with Crippen LogP contribution in [0.2, 0.25) is 0 Å². The van der Waals surface area contributed by atoms with Gasteiger partial charge in [0.2, 0.25) is 11.7 Å². The first-order valence-electron chi connectivity index (χ1n) is 10.0. The van der Waals surface area contributed by atoms with Crippen LogP contribution in [0.5, 0.6) is 28.7 Å². The minimum absolute atomic E-state index is 0.0679. The van der Waals surface area contributed by atoms with Gasteiger partial charge in [0.15, 0.2) is 23.0 Å². The highest BCUT2D eigenvalue weighted by atomic mass is 16.5. The number of fused-ring (bicyclic) bond motifs is 1. The Morgan fingerprint density at radius 1 is 0.871 bits per heavy atom. The zero-order valence-electron chi connectivity index (χ0n) is 18.9. The number of amides is 1. The maximum absolute atomic E-state index is 13.0. The van der Waals surface area contributed by atoms with E-state index in [0.717, 1.165) is 17.5 Å². The normalized spacial score (nSPS) is 15.4. The van der Waals surface area contributed by atoms with Gasteiger partial charge in [0.1, 0.15) is 0 Å². The summed E-state index contributed by atoms with van der Waals surface area (Å²) in [6.07, 6.45) is 4.08. The molecule has 31 heavy (non-hydrogen) atoms. The quantitative estimate of drug-likeness (QED) is 0.625. The molecule has 1 atom stereocenters. The first-order valence-corrected chi connectivity index (χ1v) is 10.0. The Hall–Kier alpha value is -3.35. The molecule has 7 heteroatoms. The minimum atomic E-state index is -0.0827. The molecule has 0 saturated heterocycles. The minimum Gasteiger partial charge on any atom is -0.493 e. The zero-order valence-corrected chi connectivity index (χ0v) is 18.9. The van der Waals surface area contributed by atoms with Gasteiger partial charge >= 0.3 is 0 Å². The smallest absolute Gasteiger partial charge is 0.247 e. The van der Waals surface area contributed by atoms with E-state index in [9.17, 15) is 4.79 Å². The van der Waals surface area contributed by atoms with Crippen LogP contribution >= 0.6 is 0 Å². The highest BCUT2D eigenvalue weighted by Gasteiger charge is 2.28. The predicted octanol–water partition coefficient (Wildman–Crippen LogP) is 3.89. The van der Waals surface area contributed by atoms with Crippen LogP contribution in [0.4, 0.5) is 0 Å². The summed E-state index contributed by atoms with van der Waals surface area (Å²) in [5.74, 6) is 2.89. The molecule has 7 nitrogen and oxygen atoms in total. The lowest BCUT2D eigenvalue weighted by atomic mass is 9.92. The van der Waals surface area contributed by atoms with Gasteiger partial charge in [-0.15, -0.1) is 0 Å². The van der Waals surface area contributed by atoms with E-state index >= 15 is 0 Å². The lowest BCUT2D eigenvalue weighted by molar-refractivity contribution is -0.128. The summed E-state index contributed by atoms with van der Waals surface area (Å²) >= 11 is 0. The molecule has 0 unspecified atom stereocenters. The Balaban J connectivity index is 1.84. The van der Waals surface area contributed by atoms with Crippen molar-refractivity contribution in [1.29, 1.82) is 0 Å². The Bertz CT molecular complexity index is 959. The highest BCUT2D eigenvalue weighted by molar-refractivity contribution is 5.92. The average Bonchev–Trinajstić information content (AvgIpc) is 2.81. The monoisotopic (exact) mass is 427 g/mol. The molecule has 0 spiro atoms. The van der Waals surface area contributed by atoms with Crippen LogP contribution in [0.1, 0.15) is 29.7 Å². The molecule has 2 aromatic carbocycles. The number of ether oxygens (including phenoxy) is 5. The molecule has 0 bridgehead atoms. The summed E-state index contributed by atoms with van der Waals surface area (Å²) in [5.41, 5.74) is 3.01. The lowest BCUT2D eigenvalue weighted by Gasteiger charge is -2.35. The highest BCUT2D eigenvalue weighted by Crippen LogP contribution is 2.39. The Morgan fingerprint density at radius 2 is 1.45 bits per heavy atom. The van der Waals surface area contributed by atoms with Crippen molar-refractivity contribution in [3.63, 3.8) is 0 Å². The van der Waals surface area contributed by atoms with Gasteiger partial charge in [0.05, 0.1) is 41.6 Å². The van der Waals surface area contributed by atoms with Crippen molar-refractivity contribution >= 4 is 12.0 Å². The molecule has 3 rings (SSSR count). The van der Waals surface area contributed by atoms with Gasteiger partial charge in [0.25, 0.3) is 0 Å². The molecule has 166 valence electrons. The van der Waals surface area contributed by atoms with Crippen molar-refractivity contribution < 1.29 is 28.5 Å². The van der Waals surface area contributed by atoms with Crippen LogP contribution in [0.3, 0.4) is 0 Å². The van der Waals surface area contributed by atoms with Crippen molar-refractivity contribution in [3.05, 3.63) is 47.0 Å². The number of hydrogen-bond acceptors (Lipinski definition) is 6. The van der Waals surface area contributed by atoms with Gasteiger partial charge in [-0.3, -0.25) is 4.79 Å². The van der Waals surface area contributed by atoms with E-state index in [1.165, 1.54) is 5.56 Å². The second-order valence-corrected chi connectivity index (χ2v) is 7.16. The fourth-order valence-corrected chi connectivity index (χ4v) is 3.91. The molecule has 0 aliphatic carbocycles. The van der Waals surface area contributed by atoms with Crippen LogP contribution in [0.25, 0.3) is 6.08 Å². The Kier molecular flexibility index (Phi) is 6.95. The topological polar surface area (TPSA) is 66.5 Å². The fourth-order valence-electron chi connectivity index (χ4n) is 3.91. The number of carbonyl (C=O) groups excluding carboxylic acids is 1. The molecular weight excluding hydrogens is 398 g/mol. The van der Waals surface area contributed by atoms with Gasteiger partial charge in [-0.25, -0.2) is 0 Å². The number of rotatable bonds is 7. The molecule has 2 aromatic rings. The van der Waals surface area contributed by atoms with Crippen molar-refractivity contribution in [3.8, 4) is 28.7 Å². The third kappa shape index (κ3) is 4.40. The van der Waals surface area contributed by atoms with Crippen LogP contribution in [0.15, 0.2) is 30.3 Å². The number of carbonyl (C=O) groups is 1. The third-order valence-corrected chi connectivity index (χ3v) is 5.57. The van der Waals surface area contributed by atoms with Gasteiger partial charge in [-0.1, -0.05) is 0 Å². The standard InChI is InChI=1S/C24H29NO6/c1-15-18-14-20(28-3)19(27-2)13-17(18)9-10-25(15)23(26)8-7-16-11-21(29-4)24(31-6)22(12-16)30-5/h7-8,11-15H,9-10H2,1-6H3/t15-/m0/s1. The Morgan fingerprint density at radius 3 is 2.00 bits per heavy atom. The molecule has 0 saturated carbocycles. The summed E-state index contributed by atoms with van der Waals surface area (Å²) in [4.78, 5) is 14.8. The van der Waals surface area contributed by atoms with Crippen molar-refractivity contribution in [1.82, 2.24) is 4.90 Å². The zero-order chi connectivity index (χ0) is 22.5. The van der Waals surface area contributed by atoms with Crippen LogP contribution < -0.4 is 23.7 Å². The second-order valence-electron chi connectivity index (χ2n) is 7.16. The van der Waals surface area contributed by atoms with E-state index in [2.05, 4.69) is 0 Å². The summed E-state index contributed by atoms with van der Waals surface area (Å²) in [6.45, 7) is 2.65. The molecular formula is C24H29NO6. The summed E-state index contributed by atoms with van der Waals surface area (Å²) in [7, 11) is 7.92. The van der Waals surface area contributed by atoms with E-state index in [1.807, 2.05) is 24.0 Å². The largest absolute Gasteiger partial charge is 0.493 e. The molecule has 0 aromatic heterocycles. The first kappa shape index (κ1) is 22.3. The SMILES string of the molecule is COc1cc2c(cc1OC)[C@H](C)N(C(=O)C=Cc1cc(OC)c(OC)c(OC)c1)CC2. The third-order valence-electron chi connectivity index (χ3n) is 5.57. The molecule has 1 heterocycles. The van der Waals surface area contributed by atoms with E-state index < -0.39 is 0 Å². The van der Waals surface area contributed by atoms with E-state index in [1.54, 1.807) is 59.8 Å².